The molecule has 0 aliphatic heterocycles. The van der Waals surface area contributed by atoms with Crippen molar-refractivity contribution >= 4 is 5.82 Å². The molecule has 1 N–H and O–H groups in total. The van der Waals surface area contributed by atoms with Crippen molar-refractivity contribution in [3.05, 3.63) is 59.5 Å². The number of aromatic nitrogens is 4. The number of rotatable bonds is 6. The minimum absolute atomic E-state index is 0.775. The van der Waals surface area contributed by atoms with Gasteiger partial charge < -0.3 is 10.2 Å². The summed E-state index contributed by atoms with van der Waals surface area (Å²) in [6, 6.07) is 10.3. The van der Waals surface area contributed by atoms with Crippen LogP contribution in [0.2, 0.25) is 0 Å². The van der Waals surface area contributed by atoms with Crippen LogP contribution in [0.25, 0.3) is 5.69 Å². The predicted molar refractivity (Wildman–Crippen MR) is 96.4 cm³/mol. The van der Waals surface area contributed by atoms with Gasteiger partial charge in [-0.05, 0) is 24.6 Å². The van der Waals surface area contributed by atoms with Gasteiger partial charge in [0.2, 0.25) is 0 Å². The van der Waals surface area contributed by atoms with Gasteiger partial charge in [0, 0.05) is 52.2 Å². The smallest absolute Gasteiger partial charge is 0.130 e. The first-order valence-corrected chi connectivity index (χ1v) is 8.06. The van der Waals surface area contributed by atoms with Crippen LogP contribution in [0.15, 0.2) is 42.7 Å². The van der Waals surface area contributed by atoms with E-state index >= 15 is 0 Å². The Morgan fingerprint density at radius 2 is 1.92 bits per heavy atom. The number of hydrogen-bond donors (Lipinski definition) is 1. The molecule has 0 bridgehead atoms. The molecule has 0 saturated carbocycles. The average Bonchev–Trinajstić information content (AvgIpc) is 3.16. The maximum atomic E-state index is 4.54. The van der Waals surface area contributed by atoms with Crippen molar-refractivity contribution in [1.82, 2.24) is 24.9 Å². The fourth-order valence-corrected chi connectivity index (χ4v) is 3.07. The molecule has 2 aromatic heterocycles. The lowest BCUT2D eigenvalue weighted by molar-refractivity contribution is 0.682. The van der Waals surface area contributed by atoms with Crippen LogP contribution in [0.5, 0.6) is 0 Å². The zero-order valence-corrected chi connectivity index (χ0v) is 14.7. The van der Waals surface area contributed by atoms with Gasteiger partial charge in [0.15, 0.2) is 0 Å². The van der Waals surface area contributed by atoms with Crippen molar-refractivity contribution < 1.29 is 0 Å². The van der Waals surface area contributed by atoms with Gasteiger partial charge in [-0.1, -0.05) is 18.2 Å². The van der Waals surface area contributed by atoms with Crippen molar-refractivity contribution in [2.24, 2.45) is 7.05 Å². The van der Waals surface area contributed by atoms with Crippen LogP contribution in [0.3, 0.4) is 0 Å². The average molecular weight is 324 g/mol. The first-order valence-electron chi connectivity index (χ1n) is 8.06. The summed E-state index contributed by atoms with van der Waals surface area (Å²) in [6.45, 7) is 3.61. The van der Waals surface area contributed by atoms with E-state index in [1.54, 1.807) is 6.20 Å². The minimum atomic E-state index is 0.775. The van der Waals surface area contributed by atoms with Gasteiger partial charge >= 0.3 is 0 Å². The van der Waals surface area contributed by atoms with Gasteiger partial charge in [-0.15, -0.1) is 0 Å². The highest BCUT2D eigenvalue weighted by Gasteiger charge is 2.14. The summed E-state index contributed by atoms with van der Waals surface area (Å²) >= 11 is 0. The Bertz CT molecular complexity index is 801. The van der Waals surface area contributed by atoms with E-state index in [1.165, 1.54) is 11.1 Å². The Kier molecular flexibility index (Phi) is 4.66. The first kappa shape index (κ1) is 16.3. The lowest BCUT2D eigenvalue weighted by Gasteiger charge is -2.16. The third-order valence-electron chi connectivity index (χ3n) is 4.10. The van der Waals surface area contributed by atoms with E-state index < -0.39 is 0 Å². The lowest BCUT2D eigenvalue weighted by atomic mass is 10.1. The van der Waals surface area contributed by atoms with Gasteiger partial charge in [0.05, 0.1) is 11.4 Å². The third kappa shape index (κ3) is 3.19. The maximum Gasteiger partial charge on any atom is 0.130 e. The Hall–Kier alpha value is -2.60. The van der Waals surface area contributed by atoms with Gasteiger partial charge in [0.25, 0.3) is 0 Å². The second kappa shape index (κ2) is 6.88. The molecular weight excluding hydrogens is 300 g/mol. The fraction of sp³-hybridized carbons (Fsp3) is 0.333. The van der Waals surface area contributed by atoms with Crippen LogP contribution in [-0.4, -0.2) is 33.7 Å². The first-order chi connectivity index (χ1) is 11.6. The standard InChI is InChI=1S/C18H24N6/c1-14-16(18(22(2)3)23(4)21-14)13-19-12-15-8-5-6-9-17(15)24-11-7-10-20-24/h5-11,19H,12-13H2,1-4H3. The molecule has 0 radical (unpaired) electrons. The van der Waals surface area contributed by atoms with Gasteiger partial charge in [0.1, 0.15) is 5.82 Å². The van der Waals surface area contributed by atoms with E-state index in [1.807, 2.05) is 48.8 Å². The molecule has 0 aliphatic carbocycles. The SMILES string of the molecule is Cc1nn(C)c(N(C)C)c1CNCc1ccccc1-n1cccn1. The molecule has 6 nitrogen and oxygen atoms in total. The highest BCUT2D eigenvalue weighted by molar-refractivity contribution is 5.49. The summed E-state index contributed by atoms with van der Waals surface area (Å²) in [5, 5.41) is 12.4. The van der Waals surface area contributed by atoms with E-state index in [0.29, 0.717) is 0 Å². The summed E-state index contributed by atoms with van der Waals surface area (Å²) < 4.78 is 3.83. The van der Waals surface area contributed by atoms with Crippen molar-refractivity contribution in [3.63, 3.8) is 0 Å². The number of nitrogens with zero attached hydrogens (tertiary/aromatic N) is 5. The molecule has 6 heteroatoms. The summed E-state index contributed by atoms with van der Waals surface area (Å²) in [6.07, 6.45) is 3.76. The van der Waals surface area contributed by atoms with Crippen molar-refractivity contribution in [2.45, 2.75) is 20.0 Å². The highest BCUT2D eigenvalue weighted by Crippen LogP contribution is 2.21. The molecule has 0 saturated heterocycles. The molecule has 0 atom stereocenters. The predicted octanol–water partition coefficient (Wildman–Crippen LogP) is 2.27. The Morgan fingerprint density at radius 1 is 1.12 bits per heavy atom. The lowest BCUT2D eigenvalue weighted by Crippen LogP contribution is -2.19. The van der Waals surface area contributed by atoms with Gasteiger partial charge in [-0.3, -0.25) is 4.68 Å². The number of para-hydroxylation sites is 1. The second-order valence-corrected chi connectivity index (χ2v) is 6.09. The molecule has 1 aromatic carbocycles. The normalized spacial score (nSPS) is 11.0. The van der Waals surface area contributed by atoms with Gasteiger partial charge in [-0.25, -0.2) is 4.68 Å². The molecule has 126 valence electrons. The molecule has 0 unspecified atom stereocenters. The summed E-state index contributed by atoms with van der Waals surface area (Å²) in [7, 11) is 6.08. The Labute approximate surface area is 142 Å². The fourth-order valence-electron chi connectivity index (χ4n) is 3.07. The Morgan fingerprint density at radius 3 is 2.62 bits per heavy atom. The van der Waals surface area contributed by atoms with Crippen LogP contribution in [0.4, 0.5) is 5.82 Å². The van der Waals surface area contributed by atoms with Crippen LogP contribution < -0.4 is 10.2 Å². The number of hydrogen-bond acceptors (Lipinski definition) is 4. The summed E-state index contributed by atoms with van der Waals surface area (Å²) in [5.41, 5.74) is 4.62. The molecule has 0 amide bonds. The highest BCUT2D eigenvalue weighted by atomic mass is 15.4. The van der Waals surface area contributed by atoms with E-state index in [0.717, 1.165) is 30.3 Å². The van der Waals surface area contributed by atoms with E-state index in [4.69, 9.17) is 0 Å². The molecule has 0 fully saturated rings. The number of benzene rings is 1. The van der Waals surface area contributed by atoms with Gasteiger partial charge in [-0.2, -0.15) is 10.2 Å². The summed E-state index contributed by atoms with van der Waals surface area (Å²) in [5.74, 6) is 1.14. The Balaban J connectivity index is 1.75. The third-order valence-corrected chi connectivity index (χ3v) is 4.10. The largest absolute Gasteiger partial charge is 0.363 e. The molecule has 0 spiro atoms. The van der Waals surface area contributed by atoms with E-state index in [2.05, 4.69) is 45.5 Å². The van der Waals surface area contributed by atoms with Crippen LogP contribution >= 0.6 is 0 Å². The monoisotopic (exact) mass is 324 g/mol. The number of nitrogens with one attached hydrogen (secondary N) is 1. The van der Waals surface area contributed by atoms with Crippen molar-refractivity contribution in [2.75, 3.05) is 19.0 Å². The zero-order valence-electron chi connectivity index (χ0n) is 14.7. The van der Waals surface area contributed by atoms with Crippen LogP contribution in [0, 0.1) is 6.92 Å². The molecular formula is C18H24N6. The topological polar surface area (TPSA) is 50.9 Å². The van der Waals surface area contributed by atoms with Crippen molar-refractivity contribution in [3.8, 4) is 5.69 Å². The molecule has 24 heavy (non-hydrogen) atoms. The van der Waals surface area contributed by atoms with E-state index in [9.17, 15) is 0 Å². The quantitative estimate of drug-likeness (QED) is 0.756. The molecule has 0 aliphatic rings. The molecule has 3 rings (SSSR count). The number of anilines is 1. The second-order valence-electron chi connectivity index (χ2n) is 6.09. The summed E-state index contributed by atoms with van der Waals surface area (Å²) in [4.78, 5) is 2.11. The zero-order chi connectivity index (χ0) is 17.1. The van der Waals surface area contributed by atoms with Crippen LogP contribution in [0.1, 0.15) is 16.8 Å². The molecule has 2 heterocycles. The molecule has 3 aromatic rings. The number of aryl methyl sites for hydroxylation is 2. The van der Waals surface area contributed by atoms with Crippen molar-refractivity contribution in [1.29, 1.82) is 0 Å². The maximum absolute atomic E-state index is 4.54. The minimum Gasteiger partial charge on any atom is -0.363 e. The van der Waals surface area contributed by atoms with E-state index in [-0.39, 0.29) is 0 Å². The van der Waals surface area contributed by atoms with Crippen LogP contribution in [-0.2, 0) is 20.1 Å².